The summed E-state index contributed by atoms with van der Waals surface area (Å²) in [5.41, 5.74) is 0.671. The number of carboxylic acids is 1. The molecule has 3 rings (SSSR count). The highest BCUT2D eigenvalue weighted by atomic mass is 16.5. The van der Waals surface area contributed by atoms with Gasteiger partial charge in [0.15, 0.2) is 0 Å². The lowest BCUT2D eigenvalue weighted by Crippen LogP contribution is -2.35. The van der Waals surface area contributed by atoms with E-state index in [4.69, 9.17) is 4.74 Å². The van der Waals surface area contributed by atoms with Crippen LogP contribution in [-0.2, 0) is 18.4 Å². The highest BCUT2D eigenvalue weighted by Crippen LogP contribution is 2.32. The molecule has 1 aromatic heterocycles. The zero-order chi connectivity index (χ0) is 14.8. The van der Waals surface area contributed by atoms with E-state index in [1.54, 1.807) is 23.0 Å². The van der Waals surface area contributed by atoms with Crippen LogP contribution in [0.4, 0.5) is 0 Å². The highest BCUT2D eigenvalue weighted by Gasteiger charge is 2.32. The topological polar surface area (TPSA) is 80.5 Å². The molecule has 7 heteroatoms. The standard InChI is InChI=1S/C14H16N4O3/c1-17-9-15-16-12(17)8-18-6-7-21-11-5-3-2-4-10(11)13(18)14(19)20/h2-5,9,13H,6-8H2,1H3,(H,19,20). The molecule has 0 aliphatic carbocycles. The second kappa shape index (κ2) is 5.53. The predicted octanol–water partition coefficient (Wildman–Crippen LogP) is 0.835. The summed E-state index contributed by atoms with van der Waals surface area (Å²) in [5.74, 6) is 0.459. The molecule has 1 N–H and O–H groups in total. The number of aryl methyl sites for hydroxylation is 1. The van der Waals surface area contributed by atoms with Gasteiger partial charge in [-0.05, 0) is 6.07 Å². The van der Waals surface area contributed by atoms with E-state index in [-0.39, 0.29) is 0 Å². The number of nitrogens with zero attached hydrogens (tertiary/aromatic N) is 4. The Morgan fingerprint density at radius 3 is 3.00 bits per heavy atom. The smallest absolute Gasteiger partial charge is 0.325 e. The number of benzene rings is 1. The third-order valence-electron chi connectivity index (χ3n) is 3.60. The second-order valence-electron chi connectivity index (χ2n) is 4.96. The Kier molecular flexibility index (Phi) is 3.57. The first-order valence-electron chi connectivity index (χ1n) is 6.68. The van der Waals surface area contributed by atoms with Crippen molar-refractivity contribution in [1.82, 2.24) is 19.7 Å². The Labute approximate surface area is 121 Å². The molecular weight excluding hydrogens is 272 g/mol. The number of hydrogen-bond donors (Lipinski definition) is 1. The normalized spacial score (nSPS) is 18.6. The number of aromatic nitrogens is 3. The van der Waals surface area contributed by atoms with Crippen LogP contribution >= 0.6 is 0 Å². The van der Waals surface area contributed by atoms with Gasteiger partial charge in [-0.3, -0.25) is 9.69 Å². The number of hydrogen-bond acceptors (Lipinski definition) is 5. The van der Waals surface area contributed by atoms with Crippen molar-refractivity contribution in [2.75, 3.05) is 13.2 Å². The lowest BCUT2D eigenvalue weighted by Gasteiger charge is -2.25. The molecule has 1 unspecified atom stereocenters. The van der Waals surface area contributed by atoms with Crippen LogP contribution in [0.5, 0.6) is 5.75 Å². The summed E-state index contributed by atoms with van der Waals surface area (Å²) in [4.78, 5) is 13.6. The van der Waals surface area contributed by atoms with Gasteiger partial charge < -0.3 is 14.4 Å². The van der Waals surface area contributed by atoms with Gasteiger partial charge >= 0.3 is 5.97 Å². The minimum atomic E-state index is -0.893. The predicted molar refractivity (Wildman–Crippen MR) is 73.7 cm³/mol. The molecule has 0 spiro atoms. The van der Waals surface area contributed by atoms with E-state index in [9.17, 15) is 9.90 Å². The van der Waals surface area contributed by atoms with Crippen LogP contribution in [0.2, 0.25) is 0 Å². The van der Waals surface area contributed by atoms with Gasteiger partial charge in [0.2, 0.25) is 0 Å². The van der Waals surface area contributed by atoms with E-state index in [1.165, 1.54) is 0 Å². The van der Waals surface area contributed by atoms with E-state index in [0.29, 0.717) is 31.0 Å². The van der Waals surface area contributed by atoms with E-state index in [0.717, 1.165) is 5.82 Å². The van der Waals surface area contributed by atoms with Crippen LogP contribution in [0.3, 0.4) is 0 Å². The zero-order valence-corrected chi connectivity index (χ0v) is 11.6. The first kappa shape index (κ1) is 13.6. The fraction of sp³-hybridized carbons (Fsp3) is 0.357. The van der Waals surface area contributed by atoms with Crippen molar-refractivity contribution in [3.8, 4) is 5.75 Å². The molecule has 7 nitrogen and oxygen atoms in total. The molecule has 0 bridgehead atoms. The first-order valence-corrected chi connectivity index (χ1v) is 6.68. The van der Waals surface area contributed by atoms with Gasteiger partial charge in [0.1, 0.15) is 30.5 Å². The van der Waals surface area contributed by atoms with Crippen LogP contribution in [0.1, 0.15) is 17.4 Å². The molecule has 0 saturated carbocycles. The summed E-state index contributed by atoms with van der Waals surface area (Å²) in [6, 6.07) is 6.51. The van der Waals surface area contributed by atoms with Crippen LogP contribution in [-0.4, -0.2) is 43.9 Å². The van der Waals surface area contributed by atoms with E-state index >= 15 is 0 Å². The Hall–Kier alpha value is -2.41. The summed E-state index contributed by atoms with van der Waals surface area (Å²) < 4.78 is 7.45. The average Bonchev–Trinajstić information content (AvgIpc) is 2.76. The van der Waals surface area contributed by atoms with E-state index in [2.05, 4.69) is 10.2 Å². The maximum Gasteiger partial charge on any atom is 0.325 e. The highest BCUT2D eigenvalue weighted by molar-refractivity contribution is 5.76. The Morgan fingerprint density at radius 2 is 2.29 bits per heavy atom. The SMILES string of the molecule is Cn1cnnc1CN1CCOc2ccccc2C1C(=O)O. The fourth-order valence-corrected chi connectivity index (χ4v) is 2.53. The average molecular weight is 288 g/mol. The molecule has 110 valence electrons. The molecule has 2 aromatic rings. The van der Waals surface area contributed by atoms with Crippen molar-refractivity contribution in [2.45, 2.75) is 12.6 Å². The van der Waals surface area contributed by atoms with Crippen LogP contribution in [0, 0.1) is 0 Å². The zero-order valence-electron chi connectivity index (χ0n) is 11.6. The molecule has 0 saturated heterocycles. The van der Waals surface area contributed by atoms with Crippen molar-refractivity contribution in [3.63, 3.8) is 0 Å². The molecule has 0 fully saturated rings. The Morgan fingerprint density at radius 1 is 1.48 bits per heavy atom. The largest absolute Gasteiger partial charge is 0.492 e. The van der Waals surface area contributed by atoms with Crippen LogP contribution < -0.4 is 4.74 Å². The first-order chi connectivity index (χ1) is 10.2. The van der Waals surface area contributed by atoms with Crippen LogP contribution in [0.25, 0.3) is 0 Å². The molecule has 1 aliphatic heterocycles. The molecular formula is C14H16N4O3. The van der Waals surface area contributed by atoms with Gasteiger partial charge in [-0.2, -0.15) is 0 Å². The van der Waals surface area contributed by atoms with Gasteiger partial charge in [0.05, 0.1) is 6.54 Å². The van der Waals surface area contributed by atoms with Crippen molar-refractivity contribution in [3.05, 3.63) is 42.0 Å². The molecule has 21 heavy (non-hydrogen) atoms. The number of rotatable bonds is 3. The number of aliphatic carboxylic acids is 1. The van der Waals surface area contributed by atoms with Gasteiger partial charge in [-0.15, -0.1) is 10.2 Å². The Balaban J connectivity index is 1.96. The van der Waals surface area contributed by atoms with E-state index < -0.39 is 12.0 Å². The van der Waals surface area contributed by atoms with Gasteiger partial charge in [0, 0.05) is 19.2 Å². The summed E-state index contributed by atoms with van der Waals surface area (Å²) >= 11 is 0. The second-order valence-corrected chi connectivity index (χ2v) is 4.96. The van der Waals surface area contributed by atoms with Gasteiger partial charge in [-0.1, -0.05) is 18.2 Å². The van der Waals surface area contributed by atoms with Gasteiger partial charge in [0.25, 0.3) is 0 Å². The summed E-state index contributed by atoms with van der Waals surface area (Å²) in [5, 5.41) is 17.5. The number of carboxylic acid groups (broad SMARTS) is 1. The summed E-state index contributed by atoms with van der Waals surface area (Å²) in [6.07, 6.45) is 1.60. The number of ether oxygens (including phenoxy) is 1. The monoisotopic (exact) mass is 288 g/mol. The number of para-hydroxylation sites is 1. The lowest BCUT2D eigenvalue weighted by atomic mass is 10.0. The quantitative estimate of drug-likeness (QED) is 0.901. The number of carbonyl (C=O) groups is 1. The molecule has 1 aromatic carbocycles. The van der Waals surface area contributed by atoms with Crippen molar-refractivity contribution in [1.29, 1.82) is 0 Å². The minimum Gasteiger partial charge on any atom is -0.492 e. The summed E-state index contributed by atoms with van der Waals surface area (Å²) in [6.45, 7) is 1.36. The fourth-order valence-electron chi connectivity index (χ4n) is 2.53. The molecule has 2 heterocycles. The Bertz CT molecular complexity index is 655. The molecule has 0 amide bonds. The van der Waals surface area contributed by atoms with Gasteiger partial charge in [-0.25, -0.2) is 0 Å². The third-order valence-corrected chi connectivity index (χ3v) is 3.60. The van der Waals surface area contributed by atoms with E-state index in [1.807, 2.05) is 24.1 Å². The maximum absolute atomic E-state index is 11.8. The minimum absolute atomic E-state index is 0.408. The maximum atomic E-state index is 11.8. The third kappa shape index (κ3) is 2.59. The summed E-state index contributed by atoms with van der Waals surface area (Å²) in [7, 11) is 1.84. The van der Waals surface area contributed by atoms with Crippen LogP contribution in [0.15, 0.2) is 30.6 Å². The molecule has 1 aliphatic rings. The molecule has 0 radical (unpaired) electrons. The molecule has 1 atom stereocenters. The lowest BCUT2D eigenvalue weighted by molar-refractivity contribution is -0.143. The van der Waals surface area contributed by atoms with Crippen molar-refractivity contribution >= 4 is 5.97 Å². The van der Waals surface area contributed by atoms with Crippen molar-refractivity contribution < 1.29 is 14.6 Å². The van der Waals surface area contributed by atoms with Crippen molar-refractivity contribution in [2.24, 2.45) is 7.05 Å². The number of fused-ring (bicyclic) bond motifs is 1.